The molecule has 9 heteroatoms. The fourth-order valence-electron chi connectivity index (χ4n) is 1.66. The van der Waals surface area contributed by atoms with E-state index in [1.54, 1.807) is 0 Å². The van der Waals surface area contributed by atoms with Crippen molar-refractivity contribution in [3.05, 3.63) is 0 Å². The molecule has 1 fully saturated rings. The monoisotopic (exact) mass is 280 g/mol. The maximum atomic E-state index is 10.8. The lowest BCUT2D eigenvalue weighted by atomic mass is 9.99. The Morgan fingerprint density at radius 1 is 1.16 bits per heavy atom. The Hall–Kier alpha value is -1.26. The van der Waals surface area contributed by atoms with Gasteiger partial charge < -0.3 is 35.0 Å². The van der Waals surface area contributed by atoms with Gasteiger partial charge in [0.2, 0.25) is 0 Å². The van der Waals surface area contributed by atoms with Crippen LogP contribution in [0.3, 0.4) is 0 Å². The fraction of sp³-hybridized carbons (Fsp3) is 0.800. The van der Waals surface area contributed by atoms with Gasteiger partial charge in [0.25, 0.3) is 0 Å². The standard InChI is InChI=1S/C10H16O9/c1-2-3(8(14)15)18-10-6(13)4(11)5(12)7(19-10)9(16)17/h3-7,10-13H,2H2,1H3,(H,14,15)(H,16,17)/t3?,4?,5-,6+,7?,10+/m0/s1. The normalized spacial score (nSPS) is 36.7. The predicted molar refractivity (Wildman–Crippen MR) is 57.1 cm³/mol. The predicted octanol–water partition coefficient (Wildman–Crippen LogP) is -2.24. The first-order valence-corrected chi connectivity index (χ1v) is 5.60. The van der Waals surface area contributed by atoms with Crippen LogP contribution in [-0.4, -0.2) is 74.3 Å². The minimum absolute atomic E-state index is 0.0539. The molecule has 5 N–H and O–H groups in total. The van der Waals surface area contributed by atoms with Crippen LogP contribution in [0, 0.1) is 0 Å². The van der Waals surface area contributed by atoms with E-state index in [-0.39, 0.29) is 6.42 Å². The van der Waals surface area contributed by atoms with Gasteiger partial charge in [0, 0.05) is 0 Å². The van der Waals surface area contributed by atoms with E-state index >= 15 is 0 Å². The first kappa shape index (κ1) is 15.8. The maximum absolute atomic E-state index is 10.8. The number of rotatable bonds is 5. The Kier molecular flexibility index (Phi) is 5.20. The highest BCUT2D eigenvalue weighted by atomic mass is 16.7. The molecular formula is C10H16O9. The Morgan fingerprint density at radius 3 is 2.16 bits per heavy atom. The minimum Gasteiger partial charge on any atom is -0.479 e. The van der Waals surface area contributed by atoms with Crippen molar-refractivity contribution in [2.45, 2.75) is 50.2 Å². The van der Waals surface area contributed by atoms with E-state index in [4.69, 9.17) is 19.7 Å². The van der Waals surface area contributed by atoms with Crippen LogP contribution >= 0.6 is 0 Å². The highest BCUT2D eigenvalue weighted by Crippen LogP contribution is 2.23. The molecule has 1 saturated heterocycles. The average molecular weight is 280 g/mol. The SMILES string of the molecule is CCC(O[C@@H]1OC(C(=O)O)[C@@H](O)C(O)[C@H]1O)C(=O)O. The molecule has 0 radical (unpaired) electrons. The summed E-state index contributed by atoms with van der Waals surface area (Å²) in [6, 6.07) is 0. The van der Waals surface area contributed by atoms with Crippen molar-refractivity contribution in [2.24, 2.45) is 0 Å². The summed E-state index contributed by atoms with van der Waals surface area (Å²) in [5.74, 6) is -2.87. The summed E-state index contributed by atoms with van der Waals surface area (Å²) in [6.45, 7) is 1.51. The molecular weight excluding hydrogens is 264 g/mol. The molecule has 1 aliphatic heterocycles. The lowest BCUT2D eigenvalue weighted by molar-refractivity contribution is -0.303. The summed E-state index contributed by atoms with van der Waals surface area (Å²) in [4.78, 5) is 21.6. The van der Waals surface area contributed by atoms with Crippen molar-refractivity contribution in [1.29, 1.82) is 0 Å². The van der Waals surface area contributed by atoms with Gasteiger partial charge in [0.05, 0.1) is 0 Å². The molecule has 0 aliphatic carbocycles. The molecule has 0 saturated carbocycles. The quantitative estimate of drug-likeness (QED) is 0.376. The van der Waals surface area contributed by atoms with Crippen LogP contribution in [0.4, 0.5) is 0 Å². The number of hydrogen-bond donors (Lipinski definition) is 5. The summed E-state index contributed by atoms with van der Waals surface area (Å²) in [5, 5.41) is 46.1. The van der Waals surface area contributed by atoms with E-state index in [2.05, 4.69) is 0 Å². The van der Waals surface area contributed by atoms with E-state index in [1.807, 2.05) is 0 Å². The first-order chi connectivity index (χ1) is 8.79. The Morgan fingerprint density at radius 2 is 1.74 bits per heavy atom. The van der Waals surface area contributed by atoms with Crippen molar-refractivity contribution in [3.63, 3.8) is 0 Å². The second-order valence-corrected chi connectivity index (χ2v) is 4.11. The number of hydrogen-bond acceptors (Lipinski definition) is 7. The van der Waals surface area contributed by atoms with Gasteiger partial charge in [-0.25, -0.2) is 9.59 Å². The molecule has 0 aromatic rings. The zero-order valence-electron chi connectivity index (χ0n) is 10.0. The van der Waals surface area contributed by atoms with Crippen LogP contribution in [0.5, 0.6) is 0 Å². The summed E-state index contributed by atoms with van der Waals surface area (Å²) < 4.78 is 9.69. The van der Waals surface area contributed by atoms with Crippen LogP contribution in [0.1, 0.15) is 13.3 Å². The Labute approximate surface area is 108 Å². The number of aliphatic hydroxyl groups excluding tert-OH is 3. The Balaban J connectivity index is 2.82. The number of carboxylic acid groups (broad SMARTS) is 2. The summed E-state index contributed by atoms with van der Waals surface area (Å²) in [5.41, 5.74) is 0. The summed E-state index contributed by atoms with van der Waals surface area (Å²) in [6.07, 6.45) is -10.1. The third kappa shape index (κ3) is 3.39. The second-order valence-electron chi connectivity index (χ2n) is 4.11. The van der Waals surface area contributed by atoms with Gasteiger partial charge in [0.1, 0.15) is 18.3 Å². The summed E-state index contributed by atoms with van der Waals surface area (Å²) >= 11 is 0. The zero-order chi connectivity index (χ0) is 14.7. The molecule has 1 heterocycles. The topological polar surface area (TPSA) is 154 Å². The van der Waals surface area contributed by atoms with Gasteiger partial charge >= 0.3 is 11.9 Å². The van der Waals surface area contributed by atoms with Gasteiger partial charge in [-0.3, -0.25) is 0 Å². The fourth-order valence-corrected chi connectivity index (χ4v) is 1.66. The van der Waals surface area contributed by atoms with Crippen LogP contribution in [-0.2, 0) is 19.1 Å². The van der Waals surface area contributed by atoms with Crippen LogP contribution < -0.4 is 0 Å². The van der Waals surface area contributed by atoms with Crippen molar-refractivity contribution in [2.75, 3.05) is 0 Å². The van der Waals surface area contributed by atoms with Gasteiger partial charge in [-0.1, -0.05) is 6.92 Å². The van der Waals surface area contributed by atoms with Gasteiger partial charge in [-0.2, -0.15) is 0 Å². The molecule has 110 valence electrons. The molecule has 6 atom stereocenters. The third-order valence-electron chi connectivity index (χ3n) is 2.76. The number of ether oxygens (including phenoxy) is 2. The summed E-state index contributed by atoms with van der Waals surface area (Å²) in [7, 11) is 0. The van der Waals surface area contributed by atoms with Crippen LogP contribution in [0.15, 0.2) is 0 Å². The number of carbonyl (C=O) groups is 2. The van der Waals surface area contributed by atoms with Gasteiger partial charge in [-0.15, -0.1) is 0 Å². The first-order valence-electron chi connectivity index (χ1n) is 5.60. The highest BCUT2D eigenvalue weighted by molar-refractivity contribution is 5.73. The number of aliphatic hydroxyl groups is 3. The molecule has 19 heavy (non-hydrogen) atoms. The van der Waals surface area contributed by atoms with Gasteiger partial charge in [0.15, 0.2) is 18.5 Å². The average Bonchev–Trinajstić information content (AvgIpc) is 2.34. The molecule has 9 nitrogen and oxygen atoms in total. The largest absolute Gasteiger partial charge is 0.479 e. The van der Waals surface area contributed by atoms with E-state index in [0.717, 1.165) is 0 Å². The van der Waals surface area contributed by atoms with Crippen LogP contribution in [0.25, 0.3) is 0 Å². The van der Waals surface area contributed by atoms with Crippen molar-refractivity contribution in [1.82, 2.24) is 0 Å². The van der Waals surface area contributed by atoms with Crippen molar-refractivity contribution in [3.8, 4) is 0 Å². The zero-order valence-corrected chi connectivity index (χ0v) is 10.0. The van der Waals surface area contributed by atoms with Crippen molar-refractivity contribution >= 4 is 11.9 Å². The highest BCUT2D eigenvalue weighted by Gasteiger charge is 2.48. The lowest BCUT2D eigenvalue weighted by Crippen LogP contribution is -2.61. The van der Waals surface area contributed by atoms with Crippen LogP contribution in [0.2, 0.25) is 0 Å². The van der Waals surface area contributed by atoms with Gasteiger partial charge in [-0.05, 0) is 6.42 Å². The molecule has 0 spiro atoms. The molecule has 0 aromatic heterocycles. The van der Waals surface area contributed by atoms with E-state index < -0.39 is 48.7 Å². The Bertz CT molecular complexity index is 342. The molecule has 0 amide bonds. The van der Waals surface area contributed by atoms with Crippen molar-refractivity contribution < 1.29 is 44.6 Å². The minimum atomic E-state index is -1.84. The molecule has 1 aliphatic rings. The number of carboxylic acids is 2. The molecule has 1 rings (SSSR count). The maximum Gasteiger partial charge on any atom is 0.335 e. The molecule has 3 unspecified atom stereocenters. The molecule has 0 bridgehead atoms. The lowest BCUT2D eigenvalue weighted by Gasteiger charge is -2.39. The number of aliphatic carboxylic acids is 2. The van der Waals surface area contributed by atoms with E-state index in [9.17, 15) is 24.9 Å². The molecule has 0 aromatic carbocycles. The van der Waals surface area contributed by atoms with E-state index in [1.165, 1.54) is 6.92 Å². The smallest absolute Gasteiger partial charge is 0.335 e. The third-order valence-corrected chi connectivity index (χ3v) is 2.76. The van der Waals surface area contributed by atoms with E-state index in [0.29, 0.717) is 0 Å². The second kappa shape index (κ2) is 6.26.